The van der Waals surface area contributed by atoms with Crippen LogP contribution in [-0.2, 0) is 10.0 Å². The molecule has 1 aliphatic rings. The Bertz CT molecular complexity index is 934. The van der Waals surface area contributed by atoms with Gasteiger partial charge in [0.15, 0.2) is 0 Å². The molecule has 0 unspecified atom stereocenters. The highest BCUT2D eigenvalue weighted by atomic mass is 35.5. The lowest BCUT2D eigenvalue weighted by atomic mass is 10.0. The van der Waals surface area contributed by atoms with Crippen LogP contribution in [0.3, 0.4) is 0 Å². The lowest BCUT2D eigenvalue weighted by Crippen LogP contribution is -2.38. The zero-order chi connectivity index (χ0) is 19.6. The minimum absolute atomic E-state index is 0.195. The number of hydrogen-bond donors (Lipinski definition) is 1. The quantitative estimate of drug-likeness (QED) is 0.822. The minimum atomic E-state index is -3.61. The molecule has 3 rings (SSSR count). The van der Waals surface area contributed by atoms with Gasteiger partial charge in [-0.25, -0.2) is 8.42 Å². The average molecular weight is 407 g/mol. The Morgan fingerprint density at radius 1 is 1.11 bits per heavy atom. The van der Waals surface area contributed by atoms with Crippen molar-refractivity contribution in [1.82, 2.24) is 4.31 Å². The molecule has 2 aromatic carbocycles. The molecule has 1 fully saturated rings. The summed E-state index contributed by atoms with van der Waals surface area (Å²) in [6.45, 7) is 4.92. The average Bonchev–Trinajstić information content (AvgIpc) is 2.64. The van der Waals surface area contributed by atoms with Crippen LogP contribution in [0, 0.1) is 12.8 Å². The first kappa shape index (κ1) is 19.9. The highest BCUT2D eigenvalue weighted by Crippen LogP contribution is 2.26. The fourth-order valence-corrected chi connectivity index (χ4v) is 4.97. The molecule has 0 aromatic heterocycles. The van der Waals surface area contributed by atoms with Gasteiger partial charge in [-0.2, -0.15) is 4.31 Å². The van der Waals surface area contributed by atoms with Gasteiger partial charge in [-0.05, 0) is 67.6 Å². The van der Waals surface area contributed by atoms with Crippen molar-refractivity contribution in [3.8, 4) is 0 Å². The topological polar surface area (TPSA) is 66.5 Å². The van der Waals surface area contributed by atoms with Crippen molar-refractivity contribution in [1.29, 1.82) is 0 Å². The van der Waals surface area contributed by atoms with Crippen LogP contribution in [0.5, 0.6) is 0 Å². The van der Waals surface area contributed by atoms with Crippen molar-refractivity contribution >= 4 is 33.2 Å². The minimum Gasteiger partial charge on any atom is -0.322 e. The highest BCUT2D eigenvalue weighted by molar-refractivity contribution is 7.89. The van der Waals surface area contributed by atoms with Crippen molar-refractivity contribution in [2.75, 3.05) is 18.4 Å². The van der Waals surface area contributed by atoms with Gasteiger partial charge < -0.3 is 5.32 Å². The molecule has 27 heavy (non-hydrogen) atoms. The number of carbonyl (C=O) groups excluding carboxylic acids is 1. The number of carbonyl (C=O) groups is 1. The molecule has 1 amide bonds. The first-order valence-corrected chi connectivity index (χ1v) is 10.8. The molecule has 0 aliphatic carbocycles. The van der Waals surface area contributed by atoms with E-state index >= 15 is 0 Å². The molecule has 0 spiro atoms. The van der Waals surface area contributed by atoms with E-state index in [0.29, 0.717) is 40.8 Å². The highest BCUT2D eigenvalue weighted by Gasteiger charge is 2.29. The Morgan fingerprint density at radius 2 is 1.74 bits per heavy atom. The van der Waals surface area contributed by atoms with Gasteiger partial charge in [0.25, 0.3) is 5.91 Å². The summed E-state index contributed by atoms with van der Waals surface area (Å²) in [6, 6.07) is 11.5. The molecule has 1 aliphatic heterocycles. The van der Waals surface area contributed by atoms with Crippen molar-refractivity contribution in [2.24, 2.45) is 5.92 Å². The van der Waals surface area contributed by atoms with Crippen LogP contribution in [0.4, 0.5) is 5.69 Å². The summed E-state index contributed by atoms with van der Waals surface area (Å²) < 4.78 is 27.7. The van der Waals surface area contributed by atoms with Gasteiger partial charge in [-0.3, -0.25) is 4.79 Å². The molecule has 144 valence electrons. The monoisotopic (exact) mass is 406 g/mol. The van der Waals surface area contributed by atoms with Gasteiger partial charge in [0.05, 0.1) is 4.90 Å². The van der Waals surface area contributed by atoms with Gasteiger partial charge in [-0.15, -0.1) is 0 Å². The van der Waals surface area contributed by atoms with E-state index in [4.69, 9.17) is 11.6 Å². The van der Waals surface area contributed by atoms with Crippen LogP contribution in [0.1, 0.15) is 35.7 Å². The van der Waals surface area contributed by atoms with E-state index in [-0.39, 0.29) is 10.8 Å². The second-order valence-corrected chi connectivity index (χ2v) is 9.37. The first-order chi connectivity index (χ1) is 12.8. The summed E-state index contributed by atoms with van der Waals surface area (Å²) in [7, 11) is -3.61. The molecule has 1 N–H and O–H groups in total. The zero-order valence-electron chi connectivity index (χ0n) is 15.4. The standard InChI is InChI=1S/C20H23ClN2O3S/c1-14-9-11-23(12-10-14)27(25,26)19-13-16(4-3-15(19)2)20(24)22-18-7-5-17(21)6-8-18/h3-8,13-14H,9-12H2,1-2H3,(H,22,24). The second-order valence-electron chi connectivity index (χ2n) is 7.03. The third-order valence-electron chi connectivity index (χ3n) is 4.91. The van der Waals surface area contributed by atoms with E-state index < -0.39 is 10.0 Å². The predicted octanol–water partition coefficient (Wildman–Crippen LogP) is 4.32. The Hall–Kier alpha value is -1.89. The van der Waals surface area contributed by atoms with E-state index in [1.54, 1.807) is 43.3 Å². The lowest BCUT2D eigenvalue weighted by molar-refractivity contribution is 0.102. The summed E-state index contributed by atoms with van der Waals surface area (Å²) in [5.74, 6) is 0.176. The van der Waals surface area contributed by atoms with Crippen LogP contribution in [0.25, 0.3) is 0 Å². The number of anilines is 1. The summed E-state index contributed by atoms with van der Waals surface area (Å²) in [5.41, 5.74) is 1.54. The van der Waals surface area contributed by atoms with Crippen LogP contribution in [-0.4, -0.2) is 31.7 Å². The molecular weight excluding hydrogens is 384 g/mol. The molecule has 7 heteroatoms. The fraction of sp³-hybridized carbons (Fsp3) is 0.350. The Morgan fingerprint density at radius 3 is 2.37 bits per heavy atom. The number of nitrogens with one attached hydrogen (secondary N) is 1. The third-order valence-corrected chi connectivity index (χ3v) is 7.21. The molecule has 1 heterocycles. The summed E-state index contributed by atoms with van der Waals surface area (Å²) >= 11 is 5.85. The number of amides is 1. The number of benzene rings is 2. The normalized spacial score (nSPS) is 16.3. The van der Waals surface area contributed by atoms with Gasteiger partial charge in [-0.1, -0.05) is 24.6 Å². The number of sulfonamides is 1. The largest absolute Gasteiger partial charge is 0.322 e. The van der Waals surface area contributed by atoms with E-state index in [2.05, 4.69) is 12.2 Å². The van der Waals surface area contributed by atoms with E-state index in [1.807, 2.05) is 0 Å². The van der Waals surface area contributed by atoms with Crippen molar-refractivity contribution in [2.45, 2.75) is 31.6 Å². The molecule has 0 saturated carbocycles. The number of rotatable bonds is 4. The van der Waals surface area contributed by atoms with Gasteiger partial charge >= 0.3 is 0 Å². The summed E-state index contributed by atoms with van der Waals surface area (Å²) in [6.07, 6.45) is 1.71. The Labute approximate surface area is 165 Å². The maximum Gasteiger partial charge on any atom is 0.255 e. The van der Waals surface area contributed by atoms with Crippen molar-refractivity contribution < 1.29 is 13.2 Å². The number of nitrogens with zero attached hydrogens (tertiary/aromatic N) is 1. The van der Waals surface area contributed by atoms with Crippen LogP contribution < -0.4 is 5.32 Å². The van der Waals surface area contributed by atoms with E-state index in [9.17, 15) is 13.2 Å². The van der Waals surface area contributed by atoms with Gasteiger partial charge in [0, 0.05) is 29.4 Å². The van der Waals surface area contributed by atoms with Crippen LogP contribution >= 0.6 is 11.6 Å². The number of piperidine rings is 1. The van der Waals surface area contributed by atoms with Crippen molar-refractivity contribution in [3.05, 3.63) is 58.6 Å². The Kier molecular flexibility index (Phi) is 5.89. The smallest absolute Gasteiger partial charge is 0.255 e. The Balaban J connectivity index is 1.85. The lowest BCUT2D eigenvalue weighted by Gasteiger charge is -2.30. The van der Waals surface area contributed by atoms with Crippen molar-refractivity contribution in [3.63, 3.8) is 0 Å². The second kappa shape index (κ2) is 8.00. The molecule has 0 radical (unpaired) electrons. The fourth-order valence-electron chi connectivity index (χ4n) is 3.12. The molecule has 1 saturated heterocycles. The first-order valence-electron chi connectivity index (χ1n) is 8.95. The number of hydrogen-bond acceptors (Lipinski definition) is 3. The maximum atomic E-state index is 13.1. The van der Waals surface area contributed by atoms with Crippen LogP contribution in [0.2, 0.25) is 5.02 Å². The molecular formula is C20H23ClN2O3S. The van der Waals surface area contributed by atoms with Gasteiger partial charge in [0.1, 0.15) is 0 Å². The zero-order valence-corrected chi connectivity index (χ0v) is 17.0. The molecule has 0 bridgehead atoms. The molecule has 2 aromatic rings. The summed E-state index contributed by atoms with van der Waals surface area (Å²) in [4.78, 5) is 12.8. The summed E-state index contributed by atoms with van der Waals surface area (Å²) in [5, 5.41) is 3.34. The number of aryl methyl sites for hydroxylation is 1. The SMILES string of the molecule is Cc1ccc(C(=O)Nc2ccc(Cl)cc2)cc1S(=O)(=O)N1CCC(C)CC1. The molecule has 5 nitrogen and oxygen atoms in total. The maximum absolute atomic E-state index is 13.1. The van der Waals surface area contributed by atoms with Crippen LogP contribution in [0.15, 0.2) is 47.4 Å². The third kappa shape index (κ3) is 4.51. The van der Waals surface area contributed by atoms with E-state index in [0.717, 1.165) is 12.8 Å². The molecule has 0 atom stereocenters. The van der Waals surface area contributed by atoms with E-state index in [1.165, 1.54) is 10.4 Å². The predicted molar refractivity (Wildman–Crippen MR) is 108 cm³/mol. The number of halogens is 1. The van der Waals surface area contributed by atoms with Gasteiger partial charge in [0.2, 0.25) is 10.0 Å².